The molecule has 3 aliphatic carbocycles. The van der Waals surface area contributed by atoms with Crippen molar-refractivity contribution in [1.82, 2.24) is 0 Å². The van der Waals surface area contributed by atoms with Crippen molar-refractivity contribution < 1.29 is 14.6 Å². The van der Waals surface area contributed by atoms with Gasteiger partial charge in [0.1, 0.15) is 0 Å². The van der Waals surface area contributed by atoms with Gasteiger partial charge in [-0.3, -0.25) is 0 Å². The second kappa shape index (κ2) is 5.34. The number of aliphatic hydroxyl groups excluding tert-OH is 1. The van der Waals surface area contributed by atoms with Gasteiger partial charge in [0.25, 0.3) is 0 Å². The molecular formula is C16H28O3. The third-order valence-electron chi connectivity index (χ3n) is 5.98. The van der Waals surface area contributed by atoms with E-state index >= 15 is 0 Å². The minimum atomic E-state index is -0.104. The van der Waals surface area contributed by atoms with E-state index in [1.807, 2.05) is 0 Å². The maximum absolute atomic E-state index is 10.3. The van der Waals surface area contributed by atoms with Crippen LogP contribution in [0.2, 0.25) is 0 Å². The molecule has 1 saturated heterocycles. The topological polar surface area (TPSA) is 38.7 Å². The van der Waals surface area contributed by atoms with Crippen LogP contribution in [-0.4, -0.2) is 30.7 Å². The fraction of sp³-hybridized carbons (Fsp3) is 1.00. The lowest BCUT2D eigenvalue weighted by atomic mass is 9.44. The monoisotopic (exact) mass is 268 g/mol. The number of hydrogen-bond donors (Lipinski definition) is 1. The summed E-state index contributed by atoms with van der Waals surface area (Å²) in [5, 5.41) is 10.3. The van der Waals surface area contributed by atoms with E-state index in [0.717, 1.165) is 38.4 Å². The zero-order chi connectivity index (χ0) is 13.5. The quantitative estimate of drug-likeness (QED) is 0.852. The molecule has 4 unspecified atom stereocenters. The van der Waals surface area contributed by atoms with Crippen LogP contribution >= 0.6 is 0 Å². The maximum atomic E-state index is 10.3. The van der Waals surface area contributed by atoms with Crippen LogP contribution in [0.1, 0.15) is 52.4 Å². The SMILES string of the molecule is CC1(C)C2CC(O)[C@H](CCOC3CCCCO3)C1C2. The predicted octanol–water partition coefficient (Wildman–Crippen LogP) is 2.96. The molecule has 4 aliphatic rings. The lowest BCUT2D eigenvalue weighted by Crippen LogP contribution is -2.57. The third-order valence-corrected chi connectivity index (χ3v) is 5.98. The largest absolute Gasteiger partial charge is 0.393 e. The summed E-state index contributed by atoms with van der Waals surface area (Å²) in [7, 11) is 0. The summed E-state index contributed by atoms with van der Waals surface area (Å²) < 4.78 is 11.4. The molecule has 2 bridgehead atoms. The van der Waals surface area contributed by atoms with Gasteiger partial charge in [0.15, 0.2) is 6.29 Å². The Morgan fingerprint density at radius 2 is 2.11 bits per heavy atom. The van der Waals surface area contributed by atoms with Gasteiger partial charge in [-0.2, -0.15) is 0 Å². The van der Waals surface area contributed by atoms with Crippen molar-refractivity contribution in [2.24, 2.45) is 23.2 Å². The minimum absolute atomic E-state index is 0.0108. The van der Waals surface area contributed by atoms with Crippen molar-refractivity contribution in [3.63, 3.8) is 0 Å². The van der Waals surface area contributed by atoms with E-state index in [1.54, 1.807) is 0 Å². The molecule has 3 nitrogen and oxygen atoms in total. The van der Waals surface area contributed by atoms with Crippen molar-refractivity contribution in [3.05, 3.63) is 0 Å². The first kappa shape index (κ1) is 13.8. The Morgan fingerprint density at radius 3 is 2.79 bits per heavy atom. The van der Waals surface area contributed by atoms with Crippen LogP contribution in [0.3, 0.4) is 0 Å². The Hall–Kier alpha value is -0.120. The van der Waals surface area contributed by atoms with E-state index in [1.165, 1.54) is 19.3 Å². The summed E-state index contributed by atoms with van der Waals surface area (Å²) in [4.78, 5) is 0. The lowest BCUT2D eigenvalue weighted by Gasteiger charge is -2.61. The molecule has 3 saturated carbocycles. The smallest absolute Gasteiger partial charge is 0.157 e. The zero-order valence-electron chi connectivity index (χ0n) is 12.3. The predicted molar refractivity (Wildman–Crippen MR) is 73.7 cm³/mol. The molecule has 0 spiro atoms. The van der Waals surface area contributed by atoms with Crippen molar-refractivity contribution in [2.75, 3.05) is 13.2 Å². The first-order valence-corrected chi connectivity index (χ1v) is 8.00. The van der Waals surface area contributed by atoms with E-state index < -0.39 is 0 Å². The van der Waals surface area contributed by atoms with Gasteiger partial charge in [0, 0.05) is 6.61 Å². The standard InChI is InChI=1S/C16H28O3/c1-16(2)11-9-13(16)12(14(17)10-11)6-8-19-15-5-3-4-7-18-15/h11-15,17H,3-10H2,1-2H3/t11?,12-,13?,14?,15?/m1/s1. The van der Waals surface area contributed by atoms with E-state index in [9.17, 15) is 5.11 Å². The van der Waals surface area contributed by atoms with Crippen LogP contribution in [0, 0.1) is 23.2 Å². The molecule has 4 rings (SSSR count). The highest BCUT2D eigenvalue weighted by Gasteiger charge is 2.57. The van der Waals surface area contributed by atoms with Gasteiger partial charge in [-0.15, -0.1) is 0 Å². The van der Waals surface area contributed by atoms with Gasteiger partial charge in [0.05, 0.1) is 12.7 Å². The molecular weight excluding hydrogens is 240 g/mol. The molecule has 19 heavy (non-hydrogen) atoms. The fourth-order valence-electron chi connectivity index (χ4n) is 4.49. The molecule has 3 heteroatoms. The van der Waals surface area contributed by atoms with Crippen molar-refractivity contribution in [2.45, 2.75) is 64.8 Å². The van der Waals surface area contributed by atoms with Crippen LogP contribution in [0.15, 0.2) is 0 Å². The Kier molecular flexibility index (Phi) is 3.89. The number of aliphatic hydroxyl groups is 1. The highest BCUT2D eigenvalue weighted by atomic mass is 16.7. The van der Waals surface area contributed by atoms with Gasteiger partial charge in [-0.1, -0.05) is 13.8 Å². The Bertz CT molecular complexity index is 309. The van der Waals surface area contributed by atoms with Gasteiger partial charge < -0.3 is 14.6 Å². The summed E-state index contributed by atoms with van der Waals surface area (Å²) in [6.07, 6.45) is 6.62. The minimum Gasteiger partial charge on any atom is -0.393 e. The van der Waals surface area contributed by atoms with Crippen LogP contribution < -0.4 is 0 Å². The summed E-state index contributed by atoms with van der Waals surface area (Å²) >= 11 is 0. The second-order valence-electron chi connectivity index (χ2n) is 7.28. The van der Waals surface area contributed by atoms with Crippen molar-refractivity contribution in [3.8, 4) is 0 Å². The molecule has 0 radical (unpaired) electrons. The van der Waals surface area contributed by atoms with Crippen LogP contribution in [0.25, 0.3) is 0 Å². The molecule has 5 atom stereocenters. The summed E-state index contributed by atoms with van der Waals surface area (Å²) in [6, 6.07) is 0. The van der Waals surface area contributed by atoms with Crippen molar-refractivity contribution >= 4 is 0 Å². The van der Waals surface area contributed by atoms with Gasteiger partial charge >= 0.3 is 0 Å². The number of ether oxygens (including phenoxy) is 2. The van der Waals surface area contributed by atoms with E-state index in [2.05, 4.69) is 13.8 Å². The molecule has 0 aromatic heterocycles. The number of fused-ring (bicyclic) bond motifs is 2. The van der Waals surface area contributed by atoms with E-state index in [0.29, 0.717) is 17.3 Å². The highest BCUT2D eigenvalue weighted by molar-refractivity contribution is 5.06. The number of rotatable bonds is 4. The Labute approximate surface area is 116 Å². The average molecular weight is 268 g/mol. The zero-order valence-corrected chi connectivity index (χ0v) is 12.3. The highest BCUT2D eigenvalue weighted by Crippen LogP contribution is 2.61. The van der Waals surface area contributed by atoms with Gasteiger partial charge in [-0.25, -0.2) is 0 Å². The first-order chi connectivity index (χ1) is 9.09. The Morgan fingerprint density at radius 1 is 1.26 bits per heavy atom. The maximum Gasteiger partial charge on any atom is 0.157 e. The fourth-order valence-corrected chi connectivity index (χ4v) is 4.49. The van der Waals surface area contributed by atoms with Crippen LogP contribution in [0.5, 0.6) is 0 Å². The molecule has 1 aliphatic heterocycles. The average Bonchev–Trinajstić information content (AvgIpc) is 2.41. The van der Waals surface area contributed by atoms with E-state index in [4.69, 9.17) is 9.47 Å². The molecule has 110 valence electrons. The van der Waals surface area contributed by atoms with Gasteiger partial charge in [-0.05, 0) is 61.7 Å². The molecule has 0 amide bonds. The van der Waals surface area contributed by atoms with E-state index in [-0.39, 0.29) is 12.4 Å². The molecule has 4 fully saturated rings. The normalized spacial score (nSPS) is 44.7. The number of hydrogen-bond acceptors (Lipinski definition) is 3. The van der Waals surface area contributed by atoms with Crippen LogP contribution in [0.4, 0.5) is 0 Å². The van der Waals surface area contributed by atoms with Gasteiger partial charge in [0.2, 0.25) is 0 Å². The molecule has 1 heterocycles. The molecule has 0 aromatic carbocycles. The first-order valence-electron chi connectivity index (χ1n) is 8.00. The lowest BCUT2D eigenvalue weighted by molar-refractivity contribution is -0.187. The van der Waals surface area contributed by atoms with Crippen LogP contribution in [-0.2, 0) is 9.47 Å². The molecule has 0 aromatic rings. The summed E-state index contributed by atoms with van der Waals surface area (Å²) in [5.74, 6) is 1.87. The molecule has 1 N–H and O–H groups in total. The Balaban J connectivity index is 1.46. The summed E-state index contributed by atoms with van der Waals surface area (Å²) in [6.45, 7) is 6.32. The van der Waals surface area contributed by atoms with Crippen molar-refractivity contribution in [1.29, 1.82) is 0 Å². The third kappa shape index (κ3) is 2.57. The summed E-state index contributed by atoms with van der Waals surface area (Å²) in [5.41, 5.74) is 0.436. The second-order valence-corrected chi connectivity index (χ2v) is 7.28.